The molecule has 1 atom stereocenters. The molecule has 0 saturated heterocycles. The number of para-hydroxylation sites is 1. The van der Waals surface area contributed by atoms with E-state index >= 15 is 0 Å². The number of aromatic nitrogens is 2. The van der Waals surface area contributed by atoms with Gasteiger partial charge in [0.1, 0.15) is 5.75 Å². The maximum Gasteiger partial charge on any atom is 0.331 e. The Bertz CT molecular complexity index is 870. The van der Waals surface area contributed by atoms with Crippen LogP contribution in [-0.4, -0.2) is 39.0 Å². The molecule has 3 heterocycles. The SMILES string of the molecule is CN(CCCCCCn1c(O)c2n(c1=O)CCC2)C1CCc2ccccc2O1. The van der Waals surface area contributed by atoms with Gasteiger partial charge >= 0.3 is 5.69 Å². The molecule has 0 bridgehead atoms. The van der Waals surface area contributed by atoms with E-state index < -0.39 is 0 Å². The highest BCUT2D eigenvalue weighted by Crippen LogP contribution is 2.28. The number of aryl methyl sites for hydroxylation is 1. The minimum atomic E-state index is -0.0422. The van der Waals surface area contributed by atoms with Gasteiger partial charge in [0.25, 0.3) is 0 Å². The first-order valence-corrected chi connectivity index (χ1v) is 10.6. The Kier molecular flexibility index (Phi) is 5.76. The molecule has 6 nitrogen and oxygen atoms in total. The first-order chi connectivity index (χ1) is 13.6. The van der Waals surface area contributed by atoms with Crippen molar-refractivity contribution in [2.24, 2.45) is 0 Å². The van der Waals surface area contributed by atoms with Gasteiger partial charge in [-0.2, -0.15) is 0 Å². The predicted octanol–water partition coefficient (Wildman–Crippen LogP) is 3.15. The predicted molar refractivity (Wildman–Crippen MR) is 109 cm³/mol. The third-order valence-corrected chi connectivity index (χ3v) is 6.13. The Hall–Kier alpha value is -2.21. The lowest BCUT2D eigenvalue weighted by atomic mass is 10.0. The molecule has 28 heavy (non-hydrogen) atoms. The average molecular weight is 386 g/mol. The van der Waals surface area contributed by atoms with Crippen LogP contribution in [0.15, 0.2) is 29.1 Å². The van der Waals surface area contributed by atoms with E-state index in [1.54, 1.807) is 9.13 Å². The van der Waals surface area contributed by atoms with Crippen molar-refractivity contribution in [2.45, 2.75) is 70.7 Å². The van der Waals surface area contributed by atoms with Crippen molar-refractivity contribution in [1.29, 1.82) is 0 Å². The molecule has 0 amide bonds. The Labute approximate surface area is 166 Å². The van der Waals surface area contributed by atoms with Crippen LogP contribution < -0.4 is 10.4 Å². The molecule has 1 aromatic carbocycles. The van der Waals surface area contributed by atoms with Gasteiger partial charge in [0.2, 0.25) is 5.88 Å². The molecular formula is C22H31N3O3. The molecule has 1 N–H and O–H groups in total. The summed E-state index contributed by atoms with van der Waals surface area (Å²) in [5.74, 6) is 1.22. The van der Waals surface area contributed by atoms with Crippen LogP contribution in [0.25, 0.3) is 0 Å². The number of benzene rings is 1. The number of hydrogen-bond donors (Lipinski definition) is 1. The number of unbranched alkanes of at least 4 members (excludes halogenated alkanes) is 3. The molecule has 2 aromatic rings. The van der Waals surface area contributed by atoms with E-state index in [1.165, 1.54) is 5.56 Å². The lowest BCUT2D eigenvalue weighted by Gasteiger charge is -2.32. The van der Waals surface area contributed by atoms with E-state index in [1.807, 2.05) is 6.07 Å². The lowest BCUT2D eigenvalue weighted by molar-refractivity contribution is 0.0269. The quantitative estimate of drug-likeness (QED) is 0.709. The Balaban J connectivity index is 1.16. The molecular weight excluding hydrogens is 354 g/mol. The fourth-order valence-electron chi connectivity index (χ4n) is 4.46. The number of nitrogens with zero attached hydrogens (tertiary/aromatic N) is 3. The number of aromatic hydroxyl groups is 1. The van der Waals surface area contributed by atoms with Crippen molar-refractivity contribution in [3.63, 3.8) is 0 Å². The molecule has 6 heteroatoms. The van der Waals surface area contributed by atoms with Crippen LogP contribution in [0.2, 0.25) is 0 Å². The van der Waals surface area contributed by atoms with Gasteiger partial charge in [-0.1, -0.05) is 31.0 Å². The van der Waals surface area contributed by atoms with Gasteiger partial charge in [-0.3, -0.25) is 14.0 Å². The van der Waals surface area contributed by atoms with Crippen molar-refractivity contribution in [1.82, 2.24) is 14.0 Å². The summed E-state index contributed by atoms with van der Waals surface area (Å²) >= 11 is 0. The van der Waals surface area contributed by atoms with E-state index in [2.05, 4.69) is 30.1 Å². The highest BCUT2D eigenvalue weighted by atomic mass is 16.5. The van der Waals surface area contributed by atoms with E-state index in [9.17, 15) is 9.90 Å². The summed E-state index contributed by atoms with van der Waals surface area (Å²) in [6.07, 6.45) is 8.27. The third-order valence-electron chi connectivity index (χ3n) is 6.13. The van der Waals surface area contributed by atoms with E-state index in [-0.39, 0.29) is 17.8 Å². The van der Waals surface area contributed by atoms with Crippen molar-refractivity contribution in [2.75, 3.05) is 13.6 Å². The number of fused-ring (bicyclic) bond motifs is 2. The molecule has 0 aliphatic carbocycles. The van der Waals surface area contributed by atoms with Crippen LogP contribution in [0.5, 0.6) is 11.6 Å². The minimum Gasteiger partial charge on any atom is -0.493 e. The van der Waals surface area contributed by atoms with Crippen molar-refractivity contribution in [3.8, 4) is 11.6 Å². The molecule has 0 radical (unpaired) electrons. The molecule has 0 saturated carbocycles. The molecule has 152 valence electrons. The Morgan fingerprint density at radius 1 is 1.18 bits per heavy atom. The molecule has 0 fully saturated rings. The van der Waals surface area contributed by atoms with Crippen molar-refractivity contribution < 1.29 is 9.84 Å². The highest BCUT2D eigenvalue weighted by Gasteiger charge is 2.23. The summed E-state index contributed by atoms with van der Waals surface area (Å²) in [7, 11) is 2.14. The average Bonchev–Trinajstić information content (AvgIpc) is 3.29. The van der Waals surface area contributed by atoms with Crippen LogP contribution in [0.4, 0.5) is 0 Å². The topological polar surface area (TPSA) is 59.6 Å². The number of imidazole rings is 1. The fraction of sp³-hybridized carbons (Fsp3) is 0.591. The van der Waals surface area contributed by atoms with E-state index in [0.717, 1.165) is 75.9 Å². The fourth-order valence-corrected chi connectivity index (χ4v) is 4.46. The summed E-state index contributed by atoms with van der Waals surface area (Å²) in [5.41, 5.74) is 2.09. The summed E-state index contributed by atoms with van der Waals surface area (Å²) in [6, 6.07) is 8.31. The van der Waals surface area contributed by atoms with E-state index in [0.29, 0.717) is 6.54 Å². The monoisotopic (exact) mass is 385 g/mol. The zero-order chi connectivity index (χ0) is 19.5. The maximum absolute atomic E-state index is 12.3. The summed E-state index contributed by atoms with van der Waals surface area (Å²) in [5, 5.41) is 10.2. The molecule has 1 unspecified atom stereocenters. The number of ether oxygens (including phenoxy) is 1. The smallest absolute Gasteiger partial charge is 0.331 e. The van der Waals surface area contributed by atoms with Gasteiger partial charge in [0, 0.05) is 26.1 Å². The first kappa shape index (κ1) is 19.1. The molecule has 2 aliphatic heterocycles. The van der Waals surface area contributed by atoms with Gasteiger partial charge in [-0.25, -0.2) is 4.79 Å². The van der Waals surface area contributed by atoms with Crippen molar-refractivity contribution >= 4 is 0 Å². The largest absolute Gasteiger partial charge is 0.493 e. The molecule has 0 spiro atoms. The summed E-state index contributed by atoms with van der Waals surface area (Å²) < 4.78 is 9.42. The van der Waals surface area contributed by atoms with Gasteiger partial charge in [-0.05, 0) is 50.8 Å². The second kappa shape index (κ2) is 8.43. The van der Waals surface area contributed by atoms with E-state index in [4.69, 9.17) is 4.74 Å². The Morgan fingerprint density at radius 2 is 2.00 bits per heavy atom. The minimum absolute atomic E-state index is 0.0422. The zero-order valence-electron chi connectivity index (χ0n) is 16.8. The summed E-state index contributed by atoms with van der Waals surface area (Å²) in [6.45, 7) is 2.37. The van der Waals surface area contributed by atoms with Crippen molar-refractivity contribution in [3.05, 3.63) is 46.0 Å². The zero-order valence-corrected chi connectivity index (χ0v) is 16.8. The number of rotatable bonds is 8. The Morgan fingerprint density at radius 3 is 2.86 bits per heavy atom. The second-order valence-electron chi connectivity index (χ2n) is 8.07. The normalized spacial score (nSPS) is 18.1. The molecule has 1 aromatic heterocycles. The third kappa shape index (κ3) is 3.83. The lowest BCUT2D eigenvalue weighted by Crippen LogP contribution is -2.39. The standard InChI is InChI=1S/C22H31N3O3/c1-23(20-13-12-17-9-4-5-11-19(17)28-20)14-6-2-3-7-15-25-21(26)18-10-8-16-24(18)22(25)27/h4-5,9,11,20,26H,2-3,6-8,10,12-16H2,1H3. The first-order valence-electron chi connectivity index (χ1n) is 10.6. The van der Waals surface area contributed by atoms with Gasteiger partial charge in [-0.15, -0.1) is 0 Å². The molecule has 4 rings (SSSR count). The molecule has 2 aliphatic rings. The van der Waals surface area contributed by atoms with Gasteiger partial charge in [0.15, 0.2) is 6.23 Å². The second-order valence-corrected chi connectivity index (χ2v) is 8.07. The van der Waals surface area contributed by atoms with Gasteiger partial charge in [0.05, 0.1) is 5.69 Å². The summed E-state index contributed by atoms with van der Waals surface area (Å²) in [4.78, 5) is 14.6. The van der Waals surface area contributed by atoms with Crippen LogP contribution in [0.1, 0.15) is 49.8 Å². The number of hydrogen-bond acceptors (Lipinski definition) is 4. The van der Waals surface area contributed by atoms with Crippen LogP contribution in [-0.2, 0) is 25.9 Å². The highest BCUT2D eigenvalue weighted by molar-refractivity contribution is 5.35. The van der Waals surface area contributed by atoms with Crippen LogP contribution in [0, 0.1) is 0 Å². The van der Waals surface area contributed by atoms with Crippen LogP contribution >= 0.6 is 0 Å². The maximum atomic E-state index is 12.3. The van der Waals surface area contributed by atoms with Gasteiger partial charge < -0.3 is 9.84 Å². The van der Waals surface area contributed by atoms with Crippen LogP contribution in [0.3, 0.4) is 0 Å².